The van der Waals surface area contributed by atoms with Gasteiger partial charge in [-0.2, -0.15) is 0 Å². The molecule has 4 heterocycles. The quantitative estimate of drug-likeness (QED) is 0.0689. The molecule has 4 aliphatic heterocycles. The topological polar surface area (TPSA) is 424 Å². The first-order chi connectivity index (χ1) is 25.6. The summed E-state index contributed by atoms with van der Waals surface area (Å²) in [5, 5.41) is 167. The molecular weight excluding hydrogens is 746 g/mol. The van der Waals surface area contributed by atoms with Gasteiger partial charge in [-0.1, -0.05) is 0 Å². The van der Waals surface area contributed by atoms with Crippen molar-refractivity contribution >= 4 is 0 Å². The summed E-state index contributed by atoms with van der Waals surface area (Å²) >= 11 is 0. The zero-order chi connectivity index (χ0) is 40.2. The van der Waals surface area contributed by atoms with Gasteiger partial charge in [-0.25, -0.2) is 0 Å². The lowest BCUT2D eigenvalue weighted by molar-refractivity contribution is -0.407. The lowest BCUT2D eigenvalue weighted by atomic mass is 9.92. The van der Waals surface area contributed by atoms with Crippen LogP contribution in [0.4, 0.5) is 0 Å². The highest BCUT2D eigenvalue weighted by Crippen LogP contribution is 2.37. The van der Waals surface area contributed by atoms with Crippen molar-refractivity contribution < 1.29 is 120 Å². The Balaban J connectivity index is 1.76. The molecule has 18 N–H and O–H groups in total. The van der Waals surface area contributed by atoms with Crippen LogP contribution in [0.1, 0.15) is 0 Å². The molecule has 0 saturated carbocycles. The molecule has 0 bridgehead atoms. The van der Waals surface area contributed by atoms with E-state index in [2.05, 4.69) is 0 Å². The van der Waals surface area contributed by atoms with Crippen molar-refractivity contribution in [1.82, 2.24) is 0 Å². The summed E-state index contributed by atoms with van der Waals surface area (Å²) in [4.78, 5) is 0. The van der Waals surface area contributed by atoms with Crippen molar-refractivity contribution in [3.8, 4) is 0 Å². The van der Waals surface area contributed by atoms with Gasteiger partial charge in [0, 0.05) is 6.54 Å². The molecule has 4 aliphatic rings. The predicted molar refractivity (Wildman–Crippen MR) is 165 cm³/mol. The van der Waals surface area contributed by atoms with Gasteiger partial charge in [0.1, 0.15) is 116 Å². The largest absolute Gasteiger partial charge is 0.394 e. The Morgan fingerprint density at radius 2 is 0.889 bits per heavy atom. The molecule has 0 unspecified atom stereocenters. The van der Waals surface area contributed by atoms with E-state index >= 15 is 0 Å². The van der Waals surface area contributed by atoms with Crippen LogP contribution >= 0.6 is 0 Å². The Kier molecular flexibility index (Phi) is 17.0. The third-order valence-electron chi connectivity index (χ3n) is 9.56. The first kappa shape index (κ1) is 45.7. The average molecular weight is 800 g/mol. The monoisotopic (exact) mass is 799 g/mol. The molecule has 0 aliphatic carbocycles. The maximum Gasteiger partial charge on any atom is 0.187 e. The van der Waals surface area contributed by atoms with Crippen LogP contribution in [0.25, 0.3) is 0 Å². The standard InChI is InChI=1S/C29H53NO24/c30-1-2-47-26-19(46)23(25(22(51-26)9(37)5-33)54-27-17(44)12(39)11(38)10(6-34)48-27)52-29-24(16(43)15(42)21(50-29)8(36)4-32)53-28-18(45)13(40)14(41)20(49-28)7(35)3-31/h7-29,31-46H,1-6,30H2/t7-,8-,9-,10+,11+,12-,13-,14-,15-,16-,17+,18-,19-,20+,21+,22+,23+,24-,25+,26-,27-,28+,29+/m0/s1. The molecule has 25 nitrogen and oxygen atoms in total. The molecule has 0 spiro atoms. The SMILES string of the molecule is NCCO[C@H]1O[C@H]([C@@H](O)CO)[C@@H](O[C@@H]2O[C@H](CO)[C@@H](O)[C@H](O)[C@H]2O)[C@H](O[C@H]2O[C@H]([C@@H](O)CO)[C@@H](O)[C@H](O)[C@@H]2O[C@H]2O[C@H]([C@@H](O)CO)[C@@H](O)[C@H](O)[C@@H]2O)[C@@H]1O. The minimum atomic E-state index is -2.22. The minimum absolute atomic E-state index is 0.126. The van der Waals surface area contributed by atoms with Gasteiger partial charge in [0.05, 0.1) is 33.0 Å². The van der Waals surface area contributed by atoms with E-state index in [1.54, 1.807) is 0 Å². The van der Waals surface area contributed by atoms with Crippen LogP contribution in [0.15, 0.2) is 0 Å². The first-order valence-corrected chi connectivity index (χ1v) is 17.1. The predicted octanol–water partition coefficient (Wildman–Crippen LogP) is -11.7. The maximum atomic E-state index is 11.5. The van der Waals surface area contributed by atoms with Gasteiger partial charge in [0.15, 0.2) is 25.2 Å². The summed E-state index contributed by atoms with van der Waals surface area (Å²) < 4.78 is 45.2. The van der Waals surface area contributed by atoms with Gasteiger partial charge in [-0.05, 0) is 0 Å². The van der Waals surface area contributed by atoms with Crippen molar-refractivity contribution in [2.24, 2.45) is 5.73 Å². The van der Waals surface area contributed by atoms with Crippen molar-refractivity contribution in [1.29, 1.82) is 0 Å². The Morgan fingerprint density at radius 1 is 0.444 bits per heavy atom. The molecule has 0 amide bonds. The second-order valence-corrected chi connectivity index (χ2v) is 13.3. The fourth-order valence-electron chi connectivity index (χ4n) is 6.49. The molecule has 0 radical (unpaired) electrons. The van der Waals surface area contributed by atoms with Crippen LogP contribution in [0.2, 0.25) is 0 Å². The fourth-order valence-corrected chi connectivity index (χ4v) is 6.49. The Morgan fingerprint density at radius 3 is 1.43 bits per heavy atom. The van der Waals surface area contributed by atoms with E-state index in [-0.39, 0.29) is 13.2 Å². The van der Waals surface area contributed by atoms with Crippen molar-refractivity contribution in [2.45, 2.75) is 141 Å². The van der Waals surface area contributed by atoms with Crippen LogP contribution < -0.4 is 5.73 Å². The van der Waals surface area contributed by atoms with Crippen LogP contribution in [0.3, 0.4) is 0 Å². The number of hydrogen-bond donors (Lipinski definition) is 17. The Bertz CT molecular complexity index is 1120. The normalized spacial score (nSPS) is 47.9. The summed E-state index contributed by atoms with van der Waals surface area (Å²) in [5.41, 5.74) is 5.53. The highest BCUT2D eigenvalue weighted by molar-refractivity contribution is 5.00. The van der Waals surface area contributed by atoms with Crippen LogP contribution in [0, 0.1) is 0 Å². The van der Waals surface area contributed by atoms with E-state index in [1.807, 2.05) is 0 Å². The highest BCUT2D eigenvalue weighted by atomic mass is 16.8. The third kappa shape index (κ3) is 9.64. The van der Waals surface area contributed by atoms with Gasteiger partial charge in [-0.3, -0.25) is 0 Å². The van der Waals surface area contributed by atoms with Gasteiger partial charge in [-0.15, -0.1) is 0 Å². The first-order valence-electron chi connectivity index (χ1n) is 17.1. The van der Waals surface area contributed by atoms with E-state index in [4.69, 9.17) is 43.6 Å². The summed E-state index contributed by atoms with van der Waals surface area (Å²) in [6.07, 6.45) is -45.4. The number of ether oxygens (including phenoxy) is 8. The van der Waals surface area contributed by atoms with E-state index in [0.29, 0.717) is 0 Å². The molecule has 25 heteroatoms. The van der Waals surface area contributed by atoms with Gasteiger partial charge in [0.25, 0.3) is 0 Å². The van der Waals surface area contributed by atoms with E-state index in [0.717, 1.165) is 0 Å². The zero-order valence-corrected chi connectivity index (χ0v) is 28.5. The van der Waals surface area contributed by atoms with Crippen molar-refractivity contribution in [3.05, 3.63) is 0 Å². The van der Waals surface area contributed by atoms with Crippen LogP contribution in [0.5, 0.6) is 0 Å². The molecule has 318 valence electrons. The molecule has 0 aromatic carbocycles. The zero-order valence-electron chi connectivity index (χ0n) is 28.5. The number of hydrogen-bond acceptors (Lipinski definition) is 25. The molecule has 4 fully saturated rings. The summed E-state index contributed by atoms with van der Waals surface area (Å²) in [5.74, 6) is 0. The lowest BCUT2D eigenvalue weighted by Gasteiger charge is -2.51. The summed E-state index contributed by atoms with van der Waals surface area (Å²) in [6, 6.07) is 0. The third-order valence-corrected chi connectivity index (χ3v) is 9.56. The molecule has 0 aromatic rings. The summed E-state index contributed by atoms with van der Waals surface area (Å²) in [6.45, 7) is -4.39. The smallest absolute Gasteiger partial charge is 0.187 e. The van der Waals surface area contributed by atoms with Gasteiger partial charge >= 0.3 is 0 Å². The molecule has 4 rings (SSSR count). The second kappa shape index (κ2) is 20.1. The molecule has 23 atom stereocenters. The number of rotatable bonds is 16. The molecule has 4 saturated heterocycles. The molecule has 54 heavy (non-hydrogen) atoms. The number of aliphatic hydroxyl groups is 16. The average Bonchev–Trinajstić information content (AvgIpc) is 3.17. The van der Waals surface area contributed by atoms with E-state index < -0.39 is 168 Å². The minimum Gasteiger partial charge on any atom is -0.394 e. The maximum absolute atomic E-state index is 11.5. The van der Waals surface area contributed by atoms with Crippen LogP contribution in [-0.4, -0.2) is 262 Å². The van der Waals surface area contributed by atoms with E-state index in [9.17, 15) is 81.7 Å². The van der Waals surface area contributed by atoms with Gasteiger partial charge in [0.2, 0.25) is 0 Å². The lowest BCUT2D eigenvalue weighted by Crippen LogP contribution is -2.70. The van der Waals surface area contributed by atoms with Crippen LogP contribution in [-0.2, 0) is 37.9 Å². The number of nitrogens with two attached hydrogens (primary N) is 1. The fraction of sp³-hybridized carbons (Fsp3) is 1.00. The molecular formula is C29H53NO24. The Hall–Kier alpha value is -1.00. The second-order valence-electron chi connectivity index (χ2n) is 13.3. The molecule has 0 aromatic heterocycles. The number of aliphatic hydroxyl groups excluding tert-OH is 16. The van der Waals surface area contributed by atoms with E-state index in [1.165, 1.54) is 0 Å². The van der Waals surface area contributed by atoms with Crippen molar-refractivity contribution in [3.63, 3.8) is 0 Å². The Labute approximate surface area is 306 Å². The highest BCUT2D eigenvalue weighted by Gasteiger charge is 2.58. The van der Waals surface area contributed by atoms with Crippen molar-refractivity contribution in [2.75, 3.05) is 39.6 Å². The summed E-state index contributed by atoms with van der Waals surface area (Å²) in [7, 11) is 0. The van der Waals surface area contributed by atoms with Gasteiger partial charge < -0.3 is 125 Å².